The maximum absolute atomic E-state index is 12.1. The molecule has 3 aromatic rings. The van der Waals surface area contributed by atoms with E-state index in [9.17, 15) is 9.90 Å². The highest BCUT2D eigenvalue weighted by molar-refractivity contribution is 7.13. The van der Waals surface area contributed by atoms with E-state index in [1.54, 1.807) is 34.2 Å². The minimum atomic E-state index is -0.282. The van der Waals surface area contributed by atoms with Crippen molar-refractivity contribution in [2.45, 2.75) is 6.54 Å². The van der Waals surface area contributed by atoms with Crippen LogP contribution in [0.3, 0.4) is 0 Å². The van der Waals surface area contributed by atoms with Gasteiger partial charge in [-0.05, 0) is 23.6 Å². The number of aliphatic hydroxyl groups is 1. The van der Waals surface area contributed by atoms with E-state index in [4.69, 9.17) is 4.74 Å². The number of amides is 1. The third-order valence-corrected chi connectivity index (χ3v) is 4.14. The van der Waals surface area contributed by atoms with E-state index in [-0.39, 0.29) is 19.1 Å². The number of para-hydroxylation sites is 1. The van der Waals surface area contributed by atoms with Gasteiger partial charge in [0.05, 0.1) is 18.0 Å². The molecule has 0 fully saturated rings. The molecule has 0 spiro atoms. The van der Waals surface area contributed by atoms with Crippen LogP contribution in [0, 0.1) is 0 Å². The fourth-order valence-electron chi connectivity index (χ4n) is 2.17. The molecule has 0 aliphatic heterocycles. The quantitative estimate of drug-likeness (QED) is 0.691. The fraction of sp³-hybridized carbons (Fsp3) is 0.176. The predicted octanol–water partition coefficient (Wildman–Crippen LogP) is 2.62. The molecule has 2 N–H and O–H groups in total. The average molecular weight is 343 g/mol. The molecule has 0 saturated carbocycles. The Morgan fingerprint density at radius 3 is 2.79 bits per heavy atom. The molecule has 2 aromatic heterocycles. The van der Waals surface area contributed by atoms with Crippen molar-refractivity contribution < 1.29 is 14.6 Å². The number of thiophene rings is 1. The Labute approximate surface area is 143 Å². The van der Waals surface area contributed by atoms with Crippen LogP contribution in [-0.4, -0.2) is 34.0 Å². The number of nitrogens with zero attached hydrogens (tertiary/aromatic N) is 2. The summed E-state index contributed by atoms with van der Waals surface area (Å²) in [7, 11) is 0. The molecule has 0 atom stereocenters. The second kappa shape index (κ2) is 7.76. The first-order valence-corrected chi connectivity index (χ1v) is 8.34. The van der Waals surface area contributed by atoms with Gasteiger partial charge < -0.3 is 15.2 Å². The molecule has 124 valence electrons. The van der Waals surface area contributed by atoms with Gasteiger partial charge in [-0.1, -0.05) is 24.3 Å². The summed E-state index contributed by atoms with van der Waals surface area (Å²) in [5, 5.41) is 18.3. The molecule has 24 heavy (non-hydrogen) atoms. The van der Waals surface area contributed by atoms with Crippen molar-refractivity contribution in [3.63, 3.8) is 0 Å². The van der Waals surface area contributed by atoms with Crippen molar-refractivity contribution in [3.05, 3.63) is 53.9 Å². The zero-order chi connectivity index (χ0) is 16.8. The highest BCUT2D eigenvalue weighted by atomic mass is 32.1. The van der Waals surface area contributed by atoms with Gasteiger partial charge in [-0.3, -0.25) is 4.79 Å². The summed E-state index contributed by atoms with van der Waals surface area (Å²) in [4.78, 5) is 13.1. The lowest BCUT2D eigenvalue weighted by Crippen LogP contribution is -2.22. The molecule has 0 aliphatic rings. The minimum Gasteiger partial charge on any atom is -0.484 e. The monoisotopic (exact) mass is 343 g/mol. The lowest BCUT2D eigenvalue weighted by atomic mass is 10.3. The van der Waals surface area contributed by atoms with Crippen molar-refractivity contribution in [1.29, 1.82) is 0 Å². The molecule has 6 nitrogen and oxygen atoms in total. The number of carbonyl (C=O) groups excluding carboxylic acids is 1. The first-order valence-electron chi connectivity index (χ1n) is 7.46. The Morgan fingerprint density at radius 2 is 2.08 bits per heavy atom. The van der Waals surface area contributed by atoms with Crippen LogP contribution in [-0.2, 0) is 11.3 Å². The Morgan fingerprint density at radius 1 is 1.25 bits per heavy atom. The van der Waals surface area contributed by atoms with E-state index in [0.29, 0.717) is 18.1 Å². The maximum Gasteiger partial charge on any atom is 0.263 e. The smallest absolute Gasteiger partial charge is 0.263 e. The van der Waals surface area contributed by atoms with E-state index >= 15 is 0 Å². The average Bonchev–Trinajstić information content (AvgIpc) is 3.25. The van der Waals surface area contributed by atoms with Crippen molar-refractivity contribution in [1.82, 2.24) is 9.78 Å². The van der Waals surface area contributed by atoms with Gasteiger partial charge in [0, 0.05) is 6.07 Å². The molecule has 0 saturated heterocycles. The zero-order valence-electron chi connectivity index (χ0n) is 12.9. The van der Waals surface area contributed by atoms with Crippen LogP contribution in [0.15, 0.2) is 53.9 Å². The van der Waals surface area contributed by atoms with Gasteiger partial charge >= 0.3 is 0 Å². The first kappa shape index (κ1) is 16.2. The summed E-state index contributed by atoms with van der Waals surface area (Å²) in [6, 6.07) is 14.8. The fourth-order valence-corrected chi connectivity index (χ4v) is 2.85. The number of ether oxygens (including phenoxy) is 1. The van der Waals surface area contributed by atoms with Crippen molar-refractivity contribution in [3.8, 4) is 16.3 Å². The molecule has 2 heterocycles. The Bertz CT molecular complexity index is 785. The lowest BCUT2D eigenvalue weighted by molar-refractivity contribution is -0.118. The van der Waals surface area contributed by atoms with Gasteiger partial charge in [0.2, 0.25) is 0 Å². The number of aromatic nitrogens is 2. The van der Waals surface area contributed by atoms with E-state index in [1.807, 2.05) is 35.7 Å². The first-order chi connectivity index (χ1) is 11.8. The largest absolute Gasteiger partial charge is 0.484 e. The molecule has 7 heteroatoms. The molecule has 1 amide bonds. The van der Waals surface area contributed by atoms with Crippen molar-refractivity contribution in [2.75, 3.05) is 18.5 Å². The van der Waals surface area contributed by atoms with Crippen LogP contribution in [0.2, 0.25) is 0 Å². The minimum absolute atomic E-state index is 0.0606. The normalized spacial score (nSPS) is 10.5. The number of benzene rings is 1. The van der Waals surface area contributed by atoms with Crippen LogP contribution in [0.4, 0.5) is 5.82 Å². The molecule has 3 rings (SSSR count). The van der Waals surface area contributed by atoms with Gasteiger partial charge in [0.15, 0.2) is 6.61 Å². The Balaban J connectivity index is 1.68. The van der Waals surface area contributed by atoms with Crippen LogP contribution >= 0.6 is 11.3 Å². The second-order valence-corrected chi connectivity index (χ2v) is 5.94. The van der Waals surface area contributed by atoms with Gasteiger partial charge in [-0.25, -0.2) is 4.68 Å². The third kappa shape index (κ3) is 4.01. The summed E-state index contributed by atoms with van der Waals surface area (Å²) < 4.78 is 7.01. The Hall–Kier alpha value is -2.64. The SMILES string of the molecule is O=C(COc1ccccc1)Nc1cc(-c2cccs2)nn1CCO. The highest BCUT2D eigenvalue weighted by Gasteiger charge is 2.13. The predicted molar refractivity (Wildman–Crippen MR) is 93.2 cm³/mol. The molecule has 0 radical (unpaired) electrons. The standard InChI is InChI=1S/C17H17N3O3S/c21-9-8-20-16(11-14(19-20)15-7-4-10-24-15)18-17(22)12-23-13-5-2-1-3-6-13/h1-7,10-11,21H,8-9,12H2,(H,18,22). The maximum atomic E-state index is 12.1. The number of anilines is 1. The second-order valence-electron chi connectivity index (χ2n) is 4.99. The van der Waals surface area contributed by atoms with Gasteiger partial charge in [0.1, 0.15) is 17.3 Å². The summed E-state index contributed by atoms with van der Waals surface area (Å²) >= 11 is 1.57. The molecule has 0 bridgehead atoms. The topological polar surface area (TPSA) is 76.4 Å². The van der Waals surface area contributed by atoms with E-state index in [0.717, 1.165) is 10.6 Å². The molecule has 0 unspecified atom stereocenters. The summed E-state index contributed by atoms with van der Waals surface area (Å²) in [5.41, 5.74) is 0.762. The highest BCUT2D eigenvalue weighted by Crippen LogP contribution is 2.26. The van der Waals surface area contributed by atoms with E-state index in [1.165, 1.54) is 0 Å². The van der Waals surface area contributed by atoms with Crippen LogP contribution in [0.5, 0.6) is 5.75 Å². The molecular weight excluding hydrogens is 326 g/mol. The van der Waals surface area contributed by atoms with Crippen molar-refractivity contribution in [2.24, 2.45) is 0 Å². The Kier molecular flexibility index (Phi) is 5.25. The van der Waals surface area contributed by atoms with Gasteiger partial charge in [-0.2, -0.15) is 5.10 Å². The number of carbonyl (C=O) groups is 1. The molecule has 0 aliphatic carbocycles. The zero-order valence-corrected chi connectivity index (χ0v) is 13.7. The van der Waals surface area contributed by atoms with E-state index in [2.05, 4.69) is 10.4 Å². The van der Waals surface area contributed by atoms with Crippen LogP contribution in [0.25, 0.3) is 10.6 Å². The van der Waals surface area contributed by atoms with Crippen LogP contribution in [0.1, 0.15) is 0 Å². The number of aliphatic hydroxyl groups excluding tert-OH is 1. The number of hydrogen-bond donors (Lipinski definition) is 2. The number of hydrogen-bond acceptors (Lipinski definition) is 5. The molecule has 1 aromatic carbocycles. The van der Waals surface area contributed by atoms with Gasteiger partial charge in [-0.15, -0.1) is 11.3 Å². The van der Waals surface area contributed by atoms with E-state index < -0.39 is 0 Å². The number of nitrogens with one attached hydrogen (secondary N) is 1. The molecular formula is C17H17N3O3S. The number of rotatable bonds is 7. The lowest BCUT2D eigenvalue weighted by Gasteiger charge is -2.08. The van der Waals surface area contributed by atoms with Crippen molar-refractivity contribution >= 4 is 23.1 Å². The third-order valence-electron chi connectivity index (χ3n) is 3.25. The van der Waals surface area contributed by atoms with Gasteiger partial charge in [0.25, 0.3) is 5.91 Å². The summed E-state index contributed by atoms with van der Waals surface area (Å²) in [6.45, 7) is 0.151. The van der Waals surface area contributed by atoms with Crippen LogP contribution < -0.4 is 10.1 Å². The summed E-state index contributed by atoms with van der Waals surface area (Å²) in [5.74, 6) is 0.889. The summed E-state index contributed by atoms with van der Waals surface area (Å²) in [6.07, 6.45) is 0.